The second-order valence-corrected chi connectivity index (χ2v) is 6.80. The molecule has 0 aliphatic carbocycles. The first-order valence-electron chi connectivity index (χ1n) is 9.23. The molecule has 1 aromatic heterocycles. The van der Waals surface area contributed by atoms with Gasteiger partial charge in [0.15, 0.2) is 0 Å². The molecule has 2 N–H and O–H groups in total. The quantitative estimate of drug-likeness (QED) is 0.694. The average molecular weight is 390 g/mol. The van der Waals surface area contributed by atoms with Crippen molar-refractivity contribution in [2.45, 2.75) is 12.3 Å². The molecular weight excluding hydrogens is 371 g/mol. The monoisotopic (exact) mass is 390 g/mol. The van der Waals surface area contributed by atoms with Gasteiger partial charge in [0.2, 0.25) is 5.91 Å². The second kappa shape index (κ2) is 8.10. The van der Waals surface area contributed by atoms with E-state index in [0.717, 1.165) is 5.56 Å². The minimum atomic E-state index is -0.504. The van der Waals surface area contributed by atoms with Crippen LogP contribution < -0.4 is 15.5 Å². The van der Waals surface area contributed by atoms with Crippen molar-refractivity contribution in [3.63, 3.8) is 0 Å². The van der Waals surface area contributed by atoms with Gasteiger partial charge in [0, 0.05) is 42.5 Å². The van der Waals surface area contributed by atoms with Crippen LogP contribution in [0.15, 0.2) is 72.9 Å². The van der Waals surface area contributed by atoms with E-state index in [0.29, 0.717) is 30.2 Å². The lowest BCUT2D eigenvalue weighted by Gasteiger charge is -2.18. The van der Waals surface area contributed by atoms with Crippen LogP contribution in [0.25, 0.3) is 0 Å². The van der Waals surface area contributed by atoms with Crippen LogP contribution in [0.1, 0.15) is 17.9 Å². The molecule has 4 rings (SSSR count). The lowest BCUT2D eigenvalue weighted by molar-refractivity contribution is -0.117. The fourth-order valence-corrected chi connectivity index (χ4v) is 3.37. The van der Waals surface area contributed by atoms with Crippen molar-refractivity contribution in [3.8, 4) is 0 Å². The van der Waals surface area contributed by atoms with E-state index in [9.17, 15) is 14.0 Å². The summed E-state index contributed by atoms with van der Waals surface area (Å²) in [5, 5.41) is 5.24. The SMILES string of the molecule is O=C(Nc1ccc(F)cc1)Nc1cc(N2C[C@H](c3ccccc3)CC2=O)ccn1. The summed E-state index contributed by atoms with van der Waals surface area (Å²) in [6.45, 7) is 0.577. The number of carbonyl (C=O) groups excluding carboxylic acids is 2. The Hall–Kier alpha value is -3.74. The molecule has 1 aliphatic rings. The van der Waals surface area contributed by atoms with E-state index in [1.807, 2.05) is 30.3 Å². The van der Waals surface area contributed by atoms with Crippen LogP contribution in [0.2, 0.25) is 0 Å². The fourth-order valence-electron chi connectivity index (χ4n) is 3.37. The maximum atomic E-state index is 13.0. The number of aromatic nitrogens is 1. The molecule has 6 nitrogen and oxygen atoms in total. The second-order valence-electron chi connectivity index (χ2n) is 6.80. The molecular formula is C22H19FN4O2. The molecule has 0 unspecified atom stereocenters. The van der Waals surface area contributed by atoms with Crippen LogP contribution in [-0.2, 0) is 4.79 Å². The number of anilines is 3. The molecule has 0 spiro atoms. The molecule has 0 bridgehead atoms. The summed E-state index contributed by atoms with van der Waals surface area (Å²) in [4.78, 5) is 30.5. The number of hydrogen-bond acceptors (Lipinski definition) is 3. The highest BCUT2D eigenvalue weighted by Gasteiger charge is 2.31. The summed E-state index contributed by atoms with van der Waals surface area (Å²) < 4.78 is 13.0. The lowest BCUT2D eigenvalue weighted by atomic mass is 9.99. The van der Waals surface area contributed by atoms with Crippen LogP contribution in [0.5, 0.6) is 0 Å². The van der Waals surface area contributed by atoms with Gasteiger partial charge in [0.1, 0.15) is 11.6 Å². The number of carbonyl (C=O) groups is 2. The van der Waals surface area contributed by atoms with Gasteiger partial charge in [-0.25, -0.2) is 14.2 Å². The molecule has 1 aliphatic heterocycles. The van der Waals surface area contributed by atoms with Crippen molar-refractivity contribution >= 4 is 29.1 Å². The molecule has 29 heavy (non-hydrogen) atoms. The standard InChI is InChI=1S/C22H19FN4O2/c23-17-6-8-18(9-7-17)25-22(29)26-20-13-19(10-11-24-20)27-14-16(12-21(27)28)15-4-2-1-3-5-15/h1-11,13,16H,12,14H2,(H2,24,25,26,29)/t16-/m1/s1. The van der Waals surface area contributed by atoms with Gasteiger partial charge in [-0.15, -0.1) is 0 Å². The number of hydrogen-bond donors (Lipinski definition) is 2. The van der Waals surface area contributed by atoms with Gasteiger partial charge >= 0.3 is 6.03 Å². The fraction of sp³-hybridized carbons (Fsp3) is 0.136. The zero-order valence-corrected chi connectivity index (χ0v) is 15.5. The molecule has 7 heteroatoms. The smallest absolute Gasteiger partial charge is 0.312 e. The van der Waals surface area contributed by atoms with Crippen LogP contribution >= 0.6 is 0 Å². The summed E-state index contributed by atoms with van der Waals surface area (Å²) >= 11 is 0. The third-order valence-electron chi connectivity index (χ3n) is 4.79. The molecule has 3 aromatic rings. The summed E-state index contributed by atoms with van der Waals surface area (Å²) in [5.74, 6) is 0.106. The molecule has 146 valence electrons. The van der Waals surface area contributed by atoms with Crippen molar-refractivity contribution in [2.24, 2.45) is 0 Å². The van der Waals surface area contributed by atoms with E-state index >= 15 is 0 Å². The number of halogens is 1. The zero-order chi connectivity index (χ0) is 20.2. The van der Waals surface area contributed by atoms with Crippen LogP contribution in [0, 0.1) is 5.82 Å². The van der Waals surface area contributed by atoms with Gasteiger partial charge in [0.05, 0.1) is 0 Å². The van der Waals surface area contributed by atoms with E-state index in [-0.39, 0.29) is 17.6 Å². The van der Waals surface area contributed by atoms with E-state index in [2.05, 4.69) is 15.6 Å². The number of amides is 3. The first-order chi connectivity index (χ1) is 14.1. The van der Waals surface area contributed by atoms with Gasteiger partial charge in [-0.2, -0.15) is 0 Å². The molecule has 1 atom stereocenters. The maximum Gasteiger partial charge on any atom is 0.324 e. The molecule has 2 aromatic carbocycles. The largest absolute Gasteiger partial charge is 0.324 e. The van der Waals surface area contributed by atoms with Crippen molar-refractivity contribution < 1.29 is 14.0 Å². The summed E-state index contributed by atoms with van der Waals surface area (Å²) in [6.07, 6.45) is 1.99. The predicted octanol–water partition coefficient (Wildman–Crippen LogP) is 4.39. The van der Waals surface area contributed by atoms with E-state index < -0.39 is 6.03 Å². The number of pyridine rings is 1. The third kappa shape index (κ3) is 4.40. The summed E-state index contributed by atoms with van der Waals surface area (Å²) in [5.41, 5.74) is 2.27. The number of nitrogens with one attached hydrogen (secondary N) is 2. The Bertz CT molecular complexity index is 1020. The van der Waals surface area contributed by atoms with Crippen molar-refractivity contribution in [3.05, 3.63) is 84.3 Å². The first-order valence-corrected chi connectivity index (χ1v) is 9.23. The van der Waals surface area contributed by atoms with Gasteiger partial charge in [0.25, 0.3) is 0 Å². The third-order valence-corrected chi connectivity index (χ3v) is 4.79. The molecule has 0 radical (unpaired) electrons. The van der Waals surface area contributed by atoms with E-state index in [1.54, 1.807) is 23.2 Å². The van der Waals surface area contributed by atoms with Crippen molar-refractivity contribution in [1.29, 1.82) is 0 Å². The van der Waals surface area contributed by atoms with E-state index in [1.165, 1.54) is 24.3 Å². The first kappa shape index (κ1) is 18.6. The van der Waals surface area contributed by atoms with Crippen LogP contribution in [0.3, 0.4) is 0 Å². The Morgan fingerprint density at radius 1 is 1.03 bits per heavy atom. The van der Waals surface area contributed by atoms with Crippen molar-refractivity contribution in [1.82, 2.24) is 4.98 Å². The molecule has 0 saturated carbocycles. The zero-order valence-electron chi connectivity index (χ0n) is 15.5. The Balaban J connectivity index is 1.44. The molecule has 1 saturated heterocycles. The summed E-state index contributed by atoms with van der Waals surface area (Å²) in [7, 11) is 0. The van der Waals surface area contributed by atoms with Crippen molar-refractivity contribution in [2.75, 3.05) is 22.1 Å². The Morgan fingerprint density at radius 3 is 2.55 bits per heavy atom. The highest BCUT2D eigenvalue weighted by Crippen LogP contribution is 2.32. The maximum absolute atomic E-state index is 13.0. The number of urea groups is 1. The molecule has 1 fully saturated rings. The highest BCUT2D eigenvalue weighted by molar-refractivity contribution is 6.00. The van der Waals surface area contributed by atoms with Gasteiger partial charge in [-0.3, -0.25) is 10.1 Å². The Kier molecular flexibility index (Phi) is 5.20. The summed E-state index contributed by atoms with van der Waals surface area (Å²) in [6, 6.07) is 18.3. The normalized spacial score (nSPS) is 16.0. The highest BCUT2D eigenvalue weighted by atomic mass is 19.1. The average Bonchev–Trinajstić information content (AvgIpc) is 3.12. The molecule has 3 amide bonds. The molecule has 2 heterocycles. The predicted molar refractivity (Wildman–Crippen MR) is 109 cm³/mol. The number of rotatable bonds is 4. The number of benzene rings is 2. The lowest BCUT2D eigenvalue weighted by Crippen LogP contribution is -2.25. The Labute approximate surface area is 167 Å². The minimum absolute atomic E-state index is 0.0340. The van der Waals surface area contributed by atoms with Gasteiger partial charge in [-0.1, -0.05) is 30.3 Å². The number of nitrogens with zero attached hydrogens (tertiary/aromatic N) is 2. The van der Waals surface area contributed by atoms with Crippen LogP contribution in [0.4, 0.5) is 26.4 Å². The minimum Gasteiger partial charge on any atom is -0.312 e. The van der Waals surface area contributed by atoms with Gasteiger partial charge < -0.3 is 10.2 Å². The van der Waals surface area contributed by atoms with E-state index in [4.69, 9.17) is 0 Å². The van der Waals surface area contributed by atoms with Crippen LogP contribution in [-0.4, -0.2) is 23.5 Å². The topological polar surface area (TPSA) is 74.3 Å². The van der Waals surface area contributed by atoms with Gasteiger partial charge in [-0.05, 0) is 35.9 Å². The Morgan fingerprint density at radius 2 is 1.79 bits per heavy atom.